The first-order valence-electron chi connectivity index (χ1n) is 4.78. The summed E-state index contributed by atoms with van der Waals surface area (Å²) in [6, 6.07) is 11.1. The summed E-state index contributed by atoms with van der Waals surface area (Å²) in [5, 5.41) is 10.8. The van der Waals surface area contributed by atoms with Gasteiger partial charge in [0.15, 0.2) is 0 Å². The molecule has 0 saturated heterocycles. The van der Waals surface area contributed by atoms with E-state index in [1.807, 2.05) is 6.07 Å². The van der Waals surface area contributed by atoms with Crippen LogP contribution in [-0.4, -0.2) is 4.92 Å². The molecule has 2 aromatic carbocycles. The number of rotatable bonds is 2. The van der Waals surface area contributed by atoms with Crippen molar-refractivity contribution in [1.29, 1.82) is 0 Å². The monoisotopic (exact) mass is 295 g/mol. The summed E-state index contributed by atoms with van der Waals surface area (Å²) in [5.41, 5.74) is 0.920. The highest BCUT2D eigenvalue weighted by Crippen LogP contribution is 2.36. The molecule has 0 unspecified atom stereocenters. The number of nitro benzene ring substituents is 1. The van der Waals surface area contributed by atoms with Crippen LogP contribution in [0.4, 0.5) is 10.1 Å². The zero-order valence-corrected chi connectivity index (χ0v) is 10.1. The molecule has 17 heavy (non-hydrogen) atoms. The van der Waals surface area contributed by atoms with Crippen LogP contribution in [0.3, 0.4) is 0 Å². The van der Waals surface area contributed by atoms with Crippen molar-refractivity contribution in [2.75, 3.05) is 0 Å². The van der Waals surface area contributed by atoms with E-state index in [0.29, 0.717) is 5.56 Å². The van der Waals surface area contributed by atoms with E-state index in [4.69, 9.17) is 0 Å². The van der Waals surface area contributed by atoms with Gasteiger partial charge in [0.25, 0.3) is 5.69 Å². The Morgan fingerprint density at radius 2 is 1.82 bits per heavy atom. The average Bonchev–Trinajstić information content (AvgIpc) is 2.32. The number of hydrogen-bond donors (Lipinski definition) is 0. The van der Waals surface area contributed by atoms with E-state index in [1.54, 1.807) is 24.3 Å². The first-order chi connectivity index (χ1) is 8.09. The lowest BCUT2D eigenvalue weighted by Crippen LogP contribution is -1.93. The number of benzene rings is 2. The molecule has 0 heterocycles. The molecular weight excluding hydrogens is 289 g/mol. The van der Waals surface area contributed by atoms with Crippen LogP contribution in [0, 0.1) is 15.9 Å². The molecule has 0 atom stereocenters. The minimum Gasteiger partial charge on any atom is -0.258 e. The fourth-order valence-electron chi connectivity index (χ4n) is 1.54. The summed E-state index contributed by atoms with van der Waals surface area (Å²) >= 11 is 3.14. The Labute approximate surface area is 105 Å². The molecule has 2 aromatic rings. The maximum Gasteiger partial charge on any atom is 0.287 e. The molecule has 0 radical (unpaired) electrons. The first kappa shape index (κ1) is 11.7. The van der Waals surface area contributed by atoms with E-state index >= 15 is 0 Å². The minimum absolute atomic E-state index is 0.274. The van der Waals surface area contributed by atoms with Gasteiger partial charge >= 0.3 is 0 Å². The van der Waals surface area contributed by atoms with Crippen molar-refractivity contribution >= 4 is 21.6 Å². The third-order valence-electron chi connectivity index (χ3n) is 2.30. The highest BCUT2D eigenvalue weighted by molar-refractivity contribution is 9.10. The Balaban J connectivity index is 2.67. The Kier molecular flexibility index (Phi) is 3.19. The van der Waals surface area contributed by atoms with Gasteiger partial charge in [-0.25, -0.2) is 4.39 Å². The lowest BCUT2D eigenvalue weighted by molar-refractivity contribution is -0.385. The largest absolute Gasteiger partial charge is 0.287 e. The van der Waals surface area contributed by atoms with E-state index < -0.39 is 10.7 Å². The second-order valence-corrected chi connectivity index (χ2v) is 4.20. The topological polar surface area (TPSA) is 43.1 Å². The molecule has 0 N–H and O–H groups in total. The van der Waals surface area contributed by atoms with Gasteiger partial charge in [-0.3, -0.25) is 10.1 Å². The molecule has 0 aliphatic heterocycles. The second-order valence-electron chi connectivity index (χ2n) is 3.41. The Hall–Kier alpha value is -1.75. The van der Waals surface area contributed by atoms with E-state index in [2.05, 4.69) is 15.9 Å². The minimum atomic E-state index is -0.626. The van der Waals surface area contributed by atoms with E-state index in [0.717, 1.165) is 11.6 Å². The van der Waals surface area contributed by atoms with Gasteiger partial charge in [0.1, 0.15) is 10.3 Å². The smallest absolute Gasteiger partial charge is 0.258 e. The third kappa shape index (κ3) is 2.34. The third-order valence-corrected chi connectivity index (χ3v) is 3.13. The fraction of sp³-hybridized carbons (Fsp3) is 0. The summed E-state index contributed by atoms with van der Waals surface area (Å²) in [7, 11) is 0. The average molecular weight is 296 g/mol. The highest BCUT2D eigenvalue weighted by Gasteiger charge is 2.18. The van der Waals surface area contributed by atoms with E-state index in [9.17, 15) is 14.5 Å². The highest BCUT2D eigenvalue weighted by atomic mass is 79.9. The summed E-state index contributed by atoms with van der Waals surface area (Å²) in [4.78, 5) is 10.2. The van der Waals surface area contributed by atoms with Gasteiger partial charge in [-0.2, -0.15) is 0 Å². The summed E-state index contributed by atoms with van der Waals surface area (Å²) in [6.07, 6.45) is 0. The van der Waals surface area contributed by atoms with Gasteiger partial charge in [0.05, 0.1) is 11.0 Å². The summed E-state index contributed by atoms with van der Waals surface area (Å²) in [6.45, 7) is 0. The van der Waals surface area contributed by atoms with Crippen LogP contribution in [0.15, 0.2) is 46.9 Å². The lowest BCUT2D eigenvalue weighted by atomic mass is 10.1. The number of nitrogens with zero attached hydrogens (tertiary/aromatic N) is 1. The zero-order chi connectivity index (χ0) is 12.4. The van der Waals surface area contributed by atoms with Crippen LogP contribution < -0.4 is 0 Å². The standard InChI is InChI=1S/C12H7BrFNO2/c13-12-10(8-4-2-1-3-5-8)6-9(14)7-11(12)15(16)17/h1-7H. The van der Waals surface area contributed by atoms with Crippen molar-refractivity contribution in [3.63, 3.8) is 0 Å². The molecular formula is C12H7BrFNO2. The Bertz CT molecular complexity index is 572. The van der Waals surface area contributed by atoms with Crippen molar-refractivity contribution in [2.45, 2.75) is 0 Å². The molecule has 0 aromatic heterocycles. The normalized spacial score (nSPS) is 10.2. The van der Waals surface area contributed by atoms with Crippen molar-refractivity contribution in [2.24, 2.45) is 0 Å². The molecule has 0 saturated carbocycles. The lowest BCUT2D eigenvalue weighted by Gasteiger charge is -2.05. The molecule has 0 amide bonds. The molecule has 0 aliphatic rings. The van der Waals surface area contributed by atoms with Gasteiger partial charge in [0.2, 0.25) is 0 Å². The fourth-order valence-corrected chi connectivity index (χ4v) is 2.14. The Morgan fingerprint density at radius 3 is 2.41 bits per heavy atom. The molecule has 5 heteroatoms. The van der Waals surface area contributed by atoms with E-state index in [-0.39, 0.29) is 10.2 Å². The number of halogens is 2. The van der Waals surface area contributed by atoms with Crippen LogP contribution in [0.5, 0.6) is 0 Å². The van der Waals surface area contributed by atoms with Gasteiger partial charge in [-0.05, 0) is 27.6 Å². The quantitative estimate of drug-likeness (QED) is 0.617. The molecule has 0 aliphatic carbocycles. The molecule has 0 fully saturated rings. The maximum atomic E-state index is 13.3. The number of nitro groups is 1. The van der Waals surface area contributed by atoms with Gasteiger partial charge in [0, 0.05) is 5.56 Å². The molecule has 0 bridgehead atoms. The van der Waals surface area contributed by atoms with E-state index in [1.165, 1.54) is 6.07 Å². The van der Waals surface area contributed by atoms with Crippen molar-refractivity contribution in [3.8, 4) is 11.1 Å². The van der Waals surface area contributed by atoms with Crippen molar-refractivity contribution in [1.82, 2.24) is 0 Å². The van der Waals surface area contributed by atoms with Crippen molar-refractivity contribution < 1.29 is 9.31 Å². The summed E-state index contributed by atoms with van der Waals surface area (Å²) in [5.74, 6) is -0.626. The molecule has 86 valence electrons. The van der Waals surface area contributed by atoms with Gasteiger partial charge in [-0.15, -0.1) is 0 Å². The van der Waals surface area contributed by atoms with Crippen LogP contribution in [0.2, 0.25) is 0 Å². The maximum absolute atomic E-state index is 13.3. The summed E-state index contributed by atoms with van der Waals surface area (Å²) < 4.78 is 13.6. The number of hydrogen-bond acceptors (Lipinski definition) is 2. The van der Waals surface area contributed by atoms with Crippen molar-refractivity contribution in [3.05, 3.63) is 62.9 Å². The molecule has 3 nitrogen and oxygen atoms in total. The van der Waals surface area contributed by atoms with Gasteiger partial charge in [-0.1, -0.05) is 30.3 Å². The zero-order valence-electron chi connectivity index (χ0n) is 8.56. The SMILES string of the molecule is O=[N+]([O-])c1cc(F)cc(-c2ccccc2)c1Br. The first-order valence-corrected chi connectivity index (χ1v) is 5.58. The van der Waals surface area contributed by atoms with Crippen LogP contribution in [-0.2, 0) is 0 Å². The second kappa shape index (κ2) is 4.63. The van der Waals surface area contributed by atoms with Crippen LogP contribution in [0.25, 0.3) is 11.1 Å². The van der Waals surface area contributed by atoms with Crippen LogP contribution in [0.1, 0.15) is 0 Å². The Morgan fingerprint density at radius 1 is 1.18 bits per heavy atom. The van der Waals surface area contributed by atoms with Crippen LogP contribution >= 0.6 is 15.9 Å². The molecule has 2 rings (SSSR count). The van der Waals surface area contributed by atoms with Gasteiger partial charge < -0.3 is 0 Å². The predicted octanol–water partition coefficient (Wildman–Crippen LogP) is 4.16. The predicted molar refractivity (Wildman–Crippen MR) is 66.2 cm³/mol. The molecule has 0 spiro atoms.